The fraction of sp³-hybridized carbons (Fsp3) is 0.290. The third kappa shape index (κ3) is 9.00. The summed E-state index contributed by atoms with van der Waals surface area (Å²) in [5, 5.41) is 28.9. The highest BCUT2D eigenvalue weighted by Gasteiger charge is 2.22. The Bertz CT molecular complexity index is 1450. The molecule has 0 atom stereocenters. The van der Waals surface area contributed by atoms with E-state index in [9.17, 15) is 19.8 Å². The molecule has 0 radical (unpaired) electrons. The summed E-state index contributed by atoms with van der Waals surface area (Å²) in [5.74, 6) is -0.290. The Kier molecular flexibility index (Phi) is 11.7. The molecule has 3 aromatic carbocycles. The van der Waals surface area contributed by atoms with Crippen LogP contribution >= 0.6 is 11.3 Å². The summed E-state index contributed by atoms with van der Waals surface area (Å²) >= 11 is 1.41. The minimum absolute atomic E-state index is 0.127. The maximum Gasteiger partial charge on any atom is 0.329 e. The van der Waals surface area contributed by atoms with Gasteiger partial charge in [-0.3, -0.25) is 4.79 Å². The van der Waals surface area contributed by atoms with Crippen LogP contribution in [0.2, 0.25) is 0 Å². The van der Waals surface area contributed by atoms with Crippen LogP contribution in [0.5, 0.6) is 17.2 Å². The number of fused-ring (bicyclic) bond motifs is 1. The van der Waals surface area contributed by atoms with Crippen LogP contribution in [0, 0.1) is 0 Å². The third-order valence-electron chi connectivity index (χ3n) is 5.98. The van der Waals surface area contributed by atoms with Crippen molar-refractivity contribution in [2.24, 2.45) is 0 Å². The normalized spacial score (nSPS) is 11.1. The van der Waals surface area contributed by atoms with E-state index in [0.29, 0.717) is 63.1 Å². The van der Waals surface area contributed by atoms with Gasteiger partial charge in [-0.1, -0.05) is 0 Å². The minimum atomic E-state index is -1.01. The highest BCUT2D eigenvalue weighted by Crippen LogP contribution is 2.41. The molecule has 0 aliphatic carbocycles. The van der Waals surface area contributed by atoms with Crippen molar-refractivity contribution in [3.8, 4) is 27.7 Å². The second-order valence-corrected chi connectivity index (χ2v) is 10.1. The van der Waals surface area contributed by atoms with Crippen LogP contribution in [0.1, 0.15) is 15.9 Å². The van der Waals surface area contributed by atoms with Crippen LogP contribution < -0.4 is 4.74 Å². The fourth-order valence-electron chi connectivity index (χ4n) is 4.01. The number of thiophene rings is 1. The lowest BCUT2D eigenvalue weighted by Gasteiger charge is -2.09. The van der Waals surface area contributed by atoms with Gasteiger partial charge in [-0.25, -0.2) is 4.79 Å². The molecule has 222 valence electrons. The van der Waals surface area contributed by atoms with Gasteiger partial charge in [-0.2, -0.15) is 0 Å². The van der Waals surface area contributed by atoms with Crippen molar-refractivity contribution in [3.05, 3.63) is 77.9 Å². The number of benzene rings is 3. The zero-order valence-corrected chi connectivity index (χ0v) is 23.6. The molecule has 42 heavy (non-hydrogen) atoms. The number of phenols is 2. The van der Waals surface area contributed by atoms with E-state index in [4.69, 9.17) is 28.8 Å². The van der Waals surface area contributed by atoms with Gasteiger partial charge in [-0.15, -0.1) is 11.3 Å². The number of carbonyl (C=O) groups is 2. The van der Waals surface area contributed by atoms with E-state index in [0.717, 1.165) is 20.5 Å². The zero-order chi connectivity index (χ0) is 29.7. The number of aromatic hydroxyl groups is 2. The van der Waals surface area contributed by atoms with Crippen molar-refractivity contribution in [1.29, 1.82) is 0 Å². The quantitative estimate of drug-likeness (QED) is 0.109. The third-order valence-corrected chi connectivity index (χ3v) is 7.19. The minimum Gasteiger partial charge on any atom is -0.508 e. The first kappa shape index (κ1) is 30.9. The van der Waals surface area contributed by atoms with Gasteiger partial charge in [0.15, 0.2) is 5.78 Å². The molecular weight excluding hydrogens is 564 g/mol. The van der Waals surface area contributed by atoms with Crippen molar-refractivity contribution in [2.45, 2.75) is 0 Å². The topological polar surface area (TPSA) is 141 Å². The van der Waals surface area contributed by atoms with E-state index in [1.165, 1.54) is 11.3 Å². The van der Waals surface area contributed by atoms with Crippen molar-refractivity contribution in [1.82, 2.24) is 0 Å². The average Bonchev–Trinajstić information content (AvgIpc) is 3.36. The molecule has 0 saturated carbocycles. The summed E-state index contributed by atoms with van der Waals surface area (Å²) < 4.78 is 27.6. The molecule has 1 heterocycles. The Morgan fingerprint density at radius 1 is 0.667 bits per heavy atom. The summed E-state index contributed by atoms with van der Waals surface area (Å²) in [7, 11) is 0. The van der Waals surface area contributed by atoms with Crippen LogP contribution in [-0.2, 0) is 23.7 Å². The average molecular weight is 597 g/mol. The molecular formula is C31H32O10S. The number of phenolic OH excluding ortho intramolecular Hbond substituents is 2. The molecule has 0 aliphatic heterocycles. The van der Waals surface area contributed by atoms with Gasteiger partial charge in [0.2, 0.25) is 0 Å². The van der Waals surface area contributed by atoms with E-state index in [-0.39, 0.29) is 30.5 Å². The maximum atomic E-state index is 13.7. The van der Waals surface area contributed by atoms with Crippen LogP contribution in [0.4, 0.5) is 0 Å². The second kappa shape index (κ2) is 15.9. The number of ether oxygens (including phenoxy) is 5. The van der Waals surface area contributed by atoms with Gasteiger partial charge in [0, 0.05) is 26.1 Å². The summed E-state index contributed by atoms with van der Waals surface area (Å²) in [6.07, 6.45) is 0. The zero-order valence-electron chi connectivity index (χ0n) is 22.8. The first-order valence-electron chi connectivity index (χ1n) is 13.3. The molecule has 10 nitrogen and oxygen atoms in total. The Balaban J connectivity index is 1.21. The Morgan fingerprint density at radius 3 is 1.86 bits per heavy atom. The number of carboxylic acids is 1. The van der Waals surface area contributed by atoms with Gasteiger partial charge in [0.1, 0.15) is 30.5 Å². The van der Waals surface area contributed by atoms with Gasteiger partial charge in [-0.05, 0) is 72.3 Å². The Hall–Kier alpha value is -4.00. The Morgan fingerprint density at radius 2 is 1.24 bits per heavy atom. The van der Waals surface area contributed by atoms with E-state index in [1.54, 1.807) is 66.7 Å². The second-order valence-electron chi connectivity index (χ2n) is 9.02. The number of hydrogen-bond donors (Lipinski definition) is 3. The number of ketones is 1. The first-order chi connectivity index (χ1) is 20.4. The predicted octanol–water partition coefficient (Wildman–Crippen LogP) is 4.74. The number of carboxylic acid groups (broad SMARTS) is 1. The lowest BCUT2D eigenvalue weighted by molar-refractivity contribution is -0.142. The number of hydrogen-bond acceptors (Lipinski definition) is 10. The van der Waals surface area contributed by atoms with Crippen molar-refractivity contribution >= 4 is 33.2 Å². The molecule has 0 spiro atoms. The van der Waals surface area contributed by atoms with Crippen molar-refractivity contribution in [3.63, 3.8) is 0 Å². The molecule has 0 unspecified atom stereocenters. The van der Waals surface area contributed by atoms with Crippen LogP contribution in [0.15, 0.2) is 66.7 Å². The molecule has 1 aromatic heterocycles. The highest BCUT2D eigenvalue weighted by atomic mass is 32.1. The van der Waals surface area contributed by atoms with E-state index in [2.05, 4.69) is 0 Å². The fourth-order valence-corrected chi connectivity index (χ4v) is 5.25. The number of rotatable bonds is 18. The molecule has 0 aliphatic rings. The predicted molar refractivity (Wildman–Crippen MR) is 157 cm³/mol. The lowest BCUT2D eigenvalue weighted by Crippen LogP contribution is -2.15. The van der Waals surface area contributed by atoms with Gasteiger partial charge >= 0.3 is 5.97 Å². The van der Waals surface area contributed by atoms with E-state index >= 15 is 0 Å². The largest absolute Gasteiger partial charge is 0.508 e. The van der Waals surface area contributed by atoms with Crippen LogP contribution in [0.25, 0.3) is 20.5 Å². The molecule has 0 amide bonds. The van der Waals surface area contributed by atoms with E-state index in [1.807, 2.05) is 0 Å². The van der Waals surface area contributed by atoms with Gasteiger partial charge in [0.05, 0.1) is 46.2 Å². The van der Waals surface area contributed by atoms with Crippen LogP contribution in [-0.4, -0.2) is 86.5 Å². The molecule has 0 saturated heterocycles. The summed E-state index contributed by atoms with van der Waals surface area (Å²) in [4.78, 5) is 24.7. The standard InChI is InChI=1S/C31H32O10S/c32-23-5-1-22(2-6-23)31-29(26-10-7-24(33)19-27(26)42-31)30(36)21-3-8-25(9-4-21)41-18-17-39-14-13-37-11-12-38-15-16-40-20-28(34)35/h1-10,19,32-33H,11-18,20H2,(H,34,35). The first-order valence-corrected chi connectivity index (χ1v) is 14.1. The lowest BCUT2D eigenvalue weighted by atomic mass is 9.97. The molecule has 3 N–H and O–H groups in total. The van der Waals surface area contributed by atoms with Gasteiger partial charge in [0.25, 0.3) is 0 Å². The maximum absolute atomic E-state index is 13.7. The molecule has 4 aromatic rings. The molecule has 0 bridgehead atoms. The summed E-state index contributed by atoms with van der Waals surface area (Å²) in [5.41, 5.74) is 1.84. The van der Waals surface area contributed by atoms with Crippen LogP contribution in [0.3, 0.4) is 0 Å². The highest BCUT2D eigenvalue weighted by molar-refractivity contribution is 7.22. The Labute approximate surface area is 246 Å². The number of aliphatic carboxylic acids is 1. The van der Waals surface area contributed by atoms with Crippen molar-refractivity contribution < 1.29 is 48.6 Å². The van der Waals surface area contributed by atoms with Crippen molar-refractivity contribution in [2.75, 3.05) is 59.5 Å². The number of carbonyl (C=O) groups excluding carboxylic acids is 1. The molecule has 4 rings (SSSR count). The molecule has 11 heteroatoms. The summed E-state index contributed by atoms with van der Waals surface area (Å²) in [6.45, 7) is 2.45. The molecule has 0 fully saturated rings. The van der Waals surface area contributed by atoms with E-state index < -0.39 is 5.97 Å². The summed E-state index contributed by atoms with van der Waals surface area (Å²) in [6, 6.07) is 18.6. The smallest absolute Gasteiger partial charge is 0.329 e. The SMILES string of the molecule is O=C(O)COCCOCCOCCOCCOc1ccc(C(=O)c2c(-c3ccc(O)cc3)sc3cc(O)ccc23)cc1. The van der Waals surface area contributed by atoms with Gasteiger partial charge < -0.3 is 39.0 Å². The monoisotopic (exact) mass is 596 g/mol.